The first-order valence-electron chi connectivity index (χ1n) is 9.55. The van der Waals surface area contributed by atoms with Crippen LogP contribution in [0.25, 0.3) is 0 Å². The van der Waals surface area contributed by atoms with Gasteiger partial charge in [-0.2, -0.15) is 5.11 Å². The van der Waals surface area contributed by atoms with Gasteiger partial charge in [0.15, 0.2) is 0 Å². The molecule has 0 aliphatic carbocycles. The molecule has 10 heteroatoms. The highest BCUT2D eigenvalue weighted by Gasteiger charge is 2.24. The van der Waals surface area contributed by atoms with E-state index in [1.165, 1.54) is 31.7 Å². The van der Waals surface area contributed by atoms with Gasteiger partial charge in [0.05, 0.1) is 24.6 Å². The second-order valence-electron chi connectivity index (χ2n) is 7.41. The van der Waals surface area contributed by atoms with Gasteiger partial charge in [-0.1, -0.05) is 12.1 Å². The summed E-state index contributed by atoms with van der Waals surface area (Å²) in [4.78, 5) is 12.1. The summed E-state index contributed by atoms with van der Waals surface area (Å²) in [7, 11) is -1.77. The van der Waals surface area contributed by atoms with E-state index in [0.717, 1.165) is 5.56 Å². The highest BCUT2D eigenvalue weighted by Crippen LogP contribution is 2.35. The van der Waals surface area contributed by atoms with Crippen LogP contribution in [-0.4, -0.2) is 39.7 Å². The van der Waals surface area contributed by atoms with E-state index in [0.29, 0.717) is 29.7 Å². The molecule has 2 aromatic rings. The SMILES string of the molecule is COc1c(CC(CCS(C)(=O)=O)c2ccc(F)cc2)cc(C2C=NN=N2)cc1C(N)=O. The van der Waals surface area contributed by atoms with Gasteiger partial charge in [0.1, 0.15) is 27.4 Å². The van der Waals surface area contributed by atoms with Gasteiger partial charge < -0.3 is 10.5 Å². The smallest absolute Gasteiger partial charge is 0.252 e. The van der Waals surface area contributed by atoms with E-state index in [2.05, 4.69) is 15.4 Å². The molecule has 3 rings (SSSR count). The molecule has 2 unspecified atom stereocenters. The van der Waals surface area contributed by atoms with Crippen LogP contribution < -0.4 is 10.5 Å². The second-order valence-corrected chi connectivity index (χ2v) is 9.67. The Labute approximate surface area is 179 Å². The molecule has 1 aliphatic rings. The molecule has 1 aliphatic heterocycles. The summed E-state index contributed by atoms with van der Waals surface area (Å²) in [5.74, 6) is -1.04. The number of primary amides is 1. The monoisotopic (exact) mass is 446 g/mol. The maximum absolute atomic E-state index is 13.4. The maximum Gasteiger partial charge on any atom is 0.252 e. The molecule has 0 saturated carbocycles. The quantitative estimate of drug-likeness (QED) is 0.635. The number of nitrogens with two attached hydrogens (primary N) is 1. The van der Waals surface area contributed by atoms with Gasteiger partial charge in [0.25, 0.3) is 5.91 Å². The number of carbonyl (C=O) groups excluding carboxylic acids is 1. The number of ether oxygens (including phenoxy) is 1. The third-order valence-electron chi connectivity index (χ3n) is 5.08. The number of benzene rings is 2. The molecule has 0 aromatic heterocycles. The minimum atomic E-state index is -3.21. The van der Waals surface area contributed by atoms with Crippen LogP contribution in [-0.2, 0) is 16.3 Å². The van der Waals surface area contributed by atoms with Gasteiger partial charge in [-0.25, -0.2) is 12.8 Å². The predicted molar refractivity (Wildman–Crippen MR) is 115 cm³/mol. The Morgan fingerprint density at radius 1 is 1.26 bits per heavy atom. The minimum absolute atomic E-state index is 0.0385. The minimum Gasteiger partial charge on any atom is -0.496 e. The highest BCUT2D eigenvalue weighted by atomic mass is 32.2. The van der Waals surface area contributed by atoms with Crippen LogP contribution >= 0.6 is 0 Å². The van der Waals surface area contributed by atoms with Crippen LogP contribution in [0.1, 0.15) is 45.4 Å². The molecule has 0 saturated heterocycles. The molecule has 0 fully saturated rings. The molecule has 2 N–H and O–H groups in total. The zero-order valence-corrected chi connectivity index (χ0v) is 18.0. The topological polar surface area (TPSA) is 124 Å². The summed E-state index contributed by atoms with van der Waals surface area (Å²) < 4.78 is 42.5. The third kappa shape index (κ3) is 5.72. The van der Waals surface area contributed by atoms with E-state index in [9.17, 15) is 17.6 Å². The molecule has 1 amide bonds. The molecular formula is C21H23FN4O4S. The van der Waals surface area contributed by atoms with E-state index in [1.807, 2.05) is 6.07 Å². The first kappa shape index (κ1) is 22.5. The Hall–Kier alpha value is -3.14. The van der Waals surface area contributed by atoms with Crippen LogP contribution in [0.2, 0.25) is 0 Å². The fourth-order valence-electron chi connectivity index (χ4n) is 3.56. The van der Waals surface area contributed by atoms with Crippen molar-refractivity contribution >= 4 is 22.0 Å². The normalized spacial score (nSPS) is 16.4. The number of amides is 1. The van der Waals surface area contributed by atoms with Crippen molar-refractivity contribution in [2.24, 2.45) is 21.2 Å². The number of sulfone groups is 1. The van der Waals surface area contributed by atoms with Gasteiger partial charge in [-0.15, -0.1) is 5.10 Å². The van der Waals surface area contributed by atoms with Crippen LogP contribution in [0.15, 0.2) is 51.8 Å². The Kier molecular flexibility index (Phi) is 6.79. The Morgan fingerprint density at radius 3 is 2.52 bits per heavy atom. The first-order valence-corrected chi connectivity index (χ1v) is 11.6. The van der Waals surface area contributed by atoms with Crippen molar-refractivity contribution in [1.29, 1.82) is 0 Å². The maximum atomic E-state index is 13.4. The second kappa shape index (κ2) is 9.34. The number of rotatable bonds is 9. The summed E-state index contributed by atoms with van der Waals surface area (Å²) in [6, 6.07) is 8.89. The van der Waals surface area contributed by atoms with Crippen molar-refractivity contribution in [3.05, 3.63) is 64.5 Å². The molecule has 164 valence electrons. The molecule has 0 radical (unpaired) electrons. The molecular weight excluding hydrogens is 423 g/mol. The van der Waals surface area contributed by atoms with Gasteiger partial charge in [-0.05, 0) is 64.9 Å². The number of carbonyl (C=O) groups is 1. The zero-order chi connectivity index (χ0) is 22.6. The summed E-state index contributed by atoms with van der Waals surface area (Å²) in [5, 5.41) is 11.4. The fourth-order valence-corrected chi connectivity index (χ4v) is 4.28. The van der Waals surface area contributed by atoms with E-state index < -0.39 is 21.8 Å². The van der Waals surface area contributed by atoms with Crippen LogP contribution in [0.3, 0.4) is 0 Å². The highest BCUT2D eigenvalue weighted by molar-refractivity contribution is 7.90. The summed E-state index contributed by atoms with van der Waals surface area (Å²) >= 11 is 0. The molecule has 1 heterocycles. The zero-order valence-electron chi connectivity index (χ0n) is 17.2. The first-order chi connectivity index (χ1) is 14.7. The lowest BCUT2D eigenvalue weighted by molar-refractivity contribution is 0.0997. The third-order valence-corrected chi connectivity index (χ3v) is 6.06. The van der Waals surface area contributed by atoms with Gasteiger partial charge in [-0.3, -0.25) is 4.79 Å². The van der Waals surface area contributed by atoms with Crippen LogP contribution in [0.5, 0.6) is 5.75 Å². The van der Waals surface area contributed by atoms with Crippen molar-refractivity contribution < 1.29 is 22.3 Å². The van der Waals surface area contributed by atoms with E-state index in [-0.39, 0.29) is 23.1 Å². The Bertz CT molecular complexity index is 1120. The molecule has 0 bridgehead atoms. The van der Waals surface area contributed by atoms with Crippen molar-refractivity contribution in [3.8, 4) is 5.75 Å². The van der Waals surface area contributed by atoms with Crippen LogP contribution in [0.4, 0.5) is 4.39 Å². The number of methoxy groups -OCH3 is 1. The Balaban J connectivity index is 2.05. The average Bonchev–Trinajstić information content (AvgIpc) is 3.25. The van der Waals surface area contributed by atoms with E-state index in [4.69, 9.17) is 10.5 Å². The Morgan fingerprint density at radius 2 is 1.97 bits per heavy atom. The molecule has 2 aromatic carbocycles. The number of halogens is 1. The van der Waals surface area contributed by atoms with Crippen molar-refractivity contribution in [1.82, 2.24) is 0 Å². The van der Waals surface area contributed by atoms with Crippen molar-refractivity contribution in [3.63, 3.8) is 0 Å². The van der Waals surface area contributed by atoms with Crippen LogP contribution in [0, 0.1) is 5.82 Å². The van der Waals surface area contributed by atoms with Gasteiger partial charge >= 0.3 is 0 Å². The fraction of sp³-hybridized carbons (Fsp3) is 0.333. The lowest BCUT2D eigenvalue weighted by atomic mass is 9.87. The van der Waals surface area contributed by atoms with Crippen molar-refractivity contribution in [2.75, 3.05) is 19.1 Å². The molecule has 8 nitrogen and oxygen atoms in total. The standard InChI is InChI=1S/C21H23FN4O4S/c1-30-20-16(10-15(11-18(20)21(23)27)19-12-24-26-25-19)9-14(7-8-31(2,28)29)13-3-5-17(22)6-4-13/h3-6,10-12,14,19H,7-9H2,1-2H3,(H2,23,27). The van der Waals surface area contributed by atoms with Gasteiger partial charge in [0.2, 0.25) is 0 Å². The van der Waals surface area contributed by atoms with Crippen molar-refractivity contribution in [2.45, 2.75) is 24.8 Å². The predicted octanol–water partition coefficient (Wildman–Crippen LogP) is 3.19. The number of hydrogen-bond donors (Lipinski definition) is 1. The number of nitrogens with zero attached hydrogens (tertiary/aromatic N) is 3. The lowest BCUT2D eigenvalue weighted by Crippen LogP contribution is -2.16. The summed E-state index contributed by atoms with van der Waals surface area (Å²) in [6.07, 6.45) is 3.37. The van der Waals surface area contributed by atoms with Gasteiger partial charge in [0, 0.05) is 6.26 Å². The molecule has 2 atom stereocenters. The lowest BCUT2D eigenvalue weighted by Gasteiger charge is -2.21. The molecule has 0 spiro atoms. The number of hydrogen-bond acceptors (Lipinski definition) is 7. The largest absolute Gasteiger partial charge is 0.496 e. The van der Waals surface area contributed by atoms with E-state index in [1.54, 1.807) is 18.2 Å². The summed E-state index contributed by atoms with van der Waals surface area (Å²) in [5.41, 5.74) is 7.86. The average molecular weight is 447 g/mol. The molecule has 31 heavy (non-hydrogen) atoms. The summed E-state index contributed by atoms with van der Waals surface area (Å²) in [6.45, 7) is 0. The van der Waals surface area contributed by atoms with E-state index >= 15 is 0 Å².